The maximum atomic E-state index is 6.23. The third kappa shape index (κ3) is 4.05. The van der Waals surface area contributed by atoms with Crippen molar-refractivity contribution in [3.63, 3.8) is 0 Å². The predicted octanol–water partition coefficient (Wildman–Crippen LogP) is 5.99. The zero-order valence-corrected chi connectivity index (χ0v) is 19.6. The van der Waals surface area contributed by atoms with Gasteiger partial charge in [-0.3, -0.25) is 4.90 Å². The first-order valence-electron chi connectivity index (χ1n) is 11.2. The number of hydrogen-bond acceptors (Lipinski definition) is 5. The summed E-state index contributed by atoms with van der Waals surface area (Å²) < 4.78 is 22.9. The standard InChI is InChI=1S/C28H29NO4/c1-18-7-5-6-8-23(18)24-14-21-11-19(12-27(32-4)28(21)33-24)16-29-10-9-20-13-25(30-2)26(31-3)15-22(20)17-29/h5-8,11-15H,9-10,16-17H2,1-4H3. The maximum Gasteiger partial charge on any atom is 0.176 e. The molecule has 170 valence electrons. The van der Waals surface area contributed by atoms with Crippen molar-refractivity contribution in [3.8, 4) is 28.6 Å². The van der Waals surface area contributed by atoms with Crippen LogP contribution in [-0.2, 0) is 19.5 Å². The van der Waals surface area contributed by atoms with Gasteiger partial charge in [0.2, 0.25) is 0 Å². The second-order valence-electron chi connectivity index (χ2n) is 8.58. The molecule has 2 heterocycles. The van der Waals surface area contributed by atoms with E-state index in [0.717, 1.165) is 65.6 Å². The molecule has 4 aromatic rings. The SMILES string of the molecule is COc1cc2c(cc1OC)CN(Cc1cc(OC)c3oc(-c4ccccc4C)cc3c1)CC2. The Morgan fingerprint density at radius 1 is 0.848 bits per heavy atom. The molecule has 33 heavy (non-hydrogen) atoms. The van der Waals surface area contributed by atoms with Crippen LogP contribution in [0.3, 0.4) is 0 Å². The molecule has 0 amide bonds. The van der Waals surface area contributed by atoms with E-state index in [4.69, 9.17) is 18.6 Å². The predicted molar refractivity (Wildman–Crippen MR) is 130 cm³/mol. The Hall–Kier alpha value is -3.44. The summed E-state index contributed by atoms with van der Waals surface area (Å²) >= 11 is 0. The van der Waals surface area contributed by atoms with Crippen LogP contribution in [0.4, 0.5) is 0 Å². The van der Waals surface area contributed by atoms with Crippen molar-refractivity contribution in [1.82, 2.24) is 4.90 Å². The number of aryl methyl sites for hydroxylation is 1. The number of fused-ring (bicyclic) bond motifs is 2. The fourth-order valence-corrected chi connectivity index (χ4v) is 4.74. The number of nitrogens with zero attached hydrogens (tertiary/aromatic N) is 1. The molecule has 0 radical (unpaired) electrons. The van der Waals surface area contributed by atoms with Gasteiger partial charge in [0.15, 0.2) is 22.8 Å². The first kappa shape index (κ1) is 21.4. The average molecular weight is 444 g/mol. The Morgan fingerprint density at radius 2 is 1.58 bits per heavy atom. The minimum absolute atomic E-state index is 0.770. The first-order chi connectivity index (χ1) is 16.1. The van der Waals surface area contributed by atoms with E-state index in [1.807, 2.05) is 12.1 Å². The molecule has 0 bridgehead atoms. The van der Waals surface area contributed by atoms with Crippen LogP contribution in [0.2, 0.25) is 0 Å². The van der Waals surface area contributed by atoms with Crippen LogP contribution in [0.5, 0.6) is 17.2 Å². The Morgan fingerprint density at radius 3 is 2.30 bits per heavy atom. The highest BCUT2D eigenvalue weighted by molar-refractivity contribution is 5.88. The Balaban J connectivity index is 1.43. The molecule has 1 aliphatic heterocycles. The summed E-state index contributed by atoms with van der Waals surface area (Å²) in [5.74, 6) is 3.21. The van der Waals surface area contributed by atoms with E-state index in [2.05, 4.69) is 54.3 Å². The molecule has 0 fully saturated rings. The summed E-state index contributed by atoms with van der Waals surface area (Å²) in [6, 6.07) is 18.9. The van der Waals surface area contributed by atoms with Gasteiger partial charge in [-0.05, 0) is 65.9 Å². The van der Waals surface area contributed by atoms with E-state index >= 15 is 0 Å². The Bertz CT molecular complexity index is 1310. The van der Waals surface area contributed by atoms with E-state index in [1.54, 1.807) is 21.3 Å². The molecule has 5 nitrogen and oxygen atoms in total. The van der Waals surface area contributed by atoms with Crippen LogP contribution in [-0.4, -0.2) is 32.8 Å². The zero-order chi connectivity index (χ0) is 22.9. The molecule has 0 spiro atoms. The van der Waals surface area contributed by atoms with Gasteiger partial charge in [0, 0.05) is 30.6 Å². The van der Waals surface area contributed by atoms with Crippen LogP contribution in [0.1, 0.15) is 22.3 Å². The summed E-state index contributed by atoms with van der Waals surface area (Å²) in [5.41, 5.74) is 6.91. The minimum Gasteiger partial charge on any atom is -0.493 e. The molecule has 5 rings (SSSR count). The lowest BCUT2D eigenvalue weighted by Crippen LogP contribution is -2.30. The fraction of sp³-hybridized carbons (Fsp3) is 0.286. The molecule has 3 aromatic carbocycles. The van der Waals surface area contributed by atoms with Crippen molar-refractivity contribution in [2.24, 2.45) is 0 Å². The van der Waals surface area contributed by atoms with Crippen LogP contribution in [0.25, 0.3) is 22.3 Å². The number of rotatable bonds is 6. The average Bonchev–Trinajstić information content (AvgIpc) is 3.26. The van der Waals surface area contributed by atoms with E-state index in [0.29, 0.717) is 0 Å². The lowest BCUT2D eigenvalue weighted by atomic mass is 9.98. The second kappa shape index (κ2) is 8.83. The number of hydrogen-bond donors (Lipinski definition) is 0. The Kier molecular flexibility index (Phi) is 5.73. The van der Waals surface area contributed by atoms with Gasteiger partial charge in [0.25, 0.3) is 0 Å². The van der Waals surface area contributed by atoms with Crippen molar-refractivity contribution in [3.05, 3.63) is 76.9 Å². The van der Waals surface area contributed by atoms with Gasteiger partial charge in [-0.25, -0.2) is 0 Å². The monoisotopic (exact) mass is 443 g/mol. The third-order valence-electron chi connectivity index (χ3n) is 6.48. The molecular formula is C28H29NO4. The third-order valence-corrected chi connectivity index (χ3v) is 6.48. The number of ether oxygens (including phenoxy) is 3. The van der Waals surface area contributed by atoms with E-state index in [-0.39, 0.29) is 0 Å². The Labute approximate surface area is 194 Å². The zero-order valence-electron chi connectivity index (χ0n) is 19.6. The van der Waals surface area contributed by atoms with E-state index in [9.17, 15) is 0 Å². The van der Waals surface area contributed by atoms with Gasteiger partial charge in [-0.15, -0.1) is 0 Å². The molecule has 0 atom stereocenters. The van der Waals surface area contributed by atoms with Crippen LogP contribution >= 0.6 is 0 Å². The molecular weight excluding hydrogens is 414 g/mol. The molecule has 0 aliphatic carbocycles. The summed E-state index contributed by atoms with van der Waals surface area (Å²) in [7, 11) is 5.07. The van der Waals surface area contributed by atoms with Crippen molar-refractivity contribution >= 4 is 11.0 Å². The van der Waals surface area contributed by atoms with Crippen molar-refractivity contribution in [1.29, 1.82) is 0 Å². The number of benzene rings is 3. The smallest absolute Gasteiger partial charge is 0.176 e. The van der Waals surface area contributed by atoms with Gasteiger partial charge in [0.1, 0.15) is 5.76 Å². The lowest BCUT2D eigenvalue weighted by molar-refractivity contribution is 0.244. The van der Waals surface area contributed by atoms with Gasteiger partial charge >= 0.3 is 0 Å². The van der Waals surface area contributed by atoms with Gasteiger partial charge in [-0.1, -0.05) is 24.3 Å². The van der Waals surface area contributed by atoms with Gasteiger partial charge < -0.3 is 18.6 Å². The normalized spacial score (nSPS) is 13.7. The maximum absolute atomic E-state index is 6.23. The largest absolute Gasteiger partial charge is 0.493 e. The summed E-state index contributed by atoms with van der Waals surface area (Å²) in [4.78, 5) is 2.46. The molecule has 0 unspecified atom stereocenters. The van der Waals surface area contributed by atoms with Crippen LogP contribution in [0, 0.1) is 6.92 Å². The van der Waals surface area contributed by atoms with Crippen molar-refractivity contribution < 1.29 is 18.6 Å². The summed E-state index contributed by atoms with van der Waals surface area (Å²) in [5, 5.41) is 1.06. The van der Waals surface area contributed by atoms with E-state index < -0.39 is 0 Å². The van der Waals surface area contributed by atoms with Crippen molar-refractivity contribution in [2.75, 3.05) is 27.9 Å². The topological polar surface area (TPSA) is 44.1 Å². The number of furan rings is 1. The second-order valence-corrected chi connectivity index (χ2v) is 8.58. The first-order valence-corrected chi connectivity index (χ1v) is 11.2. The quantitative estimate of drug-likeness (QED) is 0.366. The minimum atomic E-state index is 0.770. The van der Waals surface area contributed by atoms with Crippen molar-refractivity contribution in [2.45, 2.75) is 26.4 Å². The van der Waals surface area contributed by atoms with Crippen LogP contribution < -0.4 is 14.2 Å². The fourth-order valence-electron chi connectivity index (χ4n) is 4.74. The molecule has 1 aromatic heterocycles. The van der Waals surface area contributed by atoms with Gasteiger partial charge in [0.05, 0.1) is 21.3 Å². The molecule has 0 saturated heterocycles. The lowest BCUT2D eigenvalue weighted by Gasteiger charge is -2.29. The highest BCUT2D eigenvalue weighted by Gasteiger charge is 2.21. The molecule has 5 heteroatoms. The van der Waals surface area contributed by atoms with E-state index in [1.165, 1.54) is 22.3 Å². The highest BCUT2D eigenvalue weighted by atomic mass is 16.5. The molecule has 1 aliphatic rings. The summed E-state index contributed by atoms with van der Waals surface area (Å²) in [6.45, 7) is 4.80. The van der Waals surface area contributed by atoms with Crippen LogP contribution in [0.15, 0.2) is 59.0 Å². The summed E-state index contributed by atoms with van der Waals surface area (Å²) in [6.07, 6.45) is 0.984. The molecule has 0 N–H and O–H groups in total. The highest BCUT2D eigenvalue weighted by Crippen LogP contribution is 2.37. The molecule has 0 saturated carbocycles. The van der Waals surface area contributed by atoms with Gasteiger partial charge in [-0.2, -0.15) is 0 Å². The number of methoxy groups -OCH3 is 3.